The molecule has 0 aliphatic carbocycles. The second-order valence-corrected chi connectivity index (χ2v) is 4.41. The summed E-state index contributed by atoms with van der Waals surface area (Å²) in [6.07, 6.45) is 1.15. The minimum atomic E-state index is 0.00916. The zero-order valence-electron chi connectivity index (χ0n) is 10.7. The predicted molar refractivity (Wildman–Crippen MR) is 67.6 cm³/mol. The smallest absolute Gasteiger partial charge is 0.234 e. The number of aryl methyl sites for hydroxylation is 1. The molecule has 1 aromatic rings. The van der Waals surface area contributed by atoms with Crippen LogP contribution in [0.25, 0.3) is 0 Å². The Balaban J connectivity index is 1.92. The number of fused-ring (bicyclic) bond motifs is 1. The number of nitrogens with one attached hydrogen (secondary N) is 1. The average molecular weight is 250 g/mol. The third kappa shape index (κ3) is 3.37. The fourth-order valence-electron chi connectivity index (χ4n) is 1.81. The highest BCUT2D eigenvalue weighted by Crippen LogP contribution is 2.30. The van der Waals surface area contributed by atoms with Gasteiger partial charge in [-0.15, -0.1) is 0 Å². The molecule has 0 radical (unpaired) electrons. The van der Waals surface area contributed by atoms with E-state index in [0.29, 0.717) is 26.1 Å². The van der Waals surface area contributed by atoms with Gasteiger partial charge in [0.1, 0.15) is 13.2 Å². The second kappa shape index (κ2) is 5.73. The van der Waals surface area contributed by atoms with Gasteiger partial charge in [0.15, 0.2) is 11.5 Å². The van der Waals surface area contributed by atoms with E-state index < -0.39 is 0 Å². The highest BCUT2D eigenvalue weighted by Gasteiger charge is 2.12. The van der Waals surface area contributed by atoms with Crippen LogP contribution in [-0.4, -0.2) is 38.2 Å². The van der Waals surface area contributed by atoms with Crippen molar-refractivity contribution in [1.29, 1.82) is 0 Å². The molecule has 0 saturated carbocycles. The zero-order valence-corrected chi connectivity index (χ0v) is 10.7. The van der Waals surface area contributed by atoms with Crippen molar-refractivity contribution in [2.24, 2.45) is 0 Å². The number of carbonyl (C=O) groups is 1. The lowest BCUT2D eigenvalue weighted by Gasteiger charge is -2.19. The number of benzene rings is 1. The minimum absolute atomic E-state index is 0.00916. The molecule has 1 aliphatic heterocycles. The van der Waals surface area contributed by atoms with Gasteiger partial charge in [-0.1, -0.05) is 6.07 Å². The van der Waals surface area contributed by atoms with E-state index in [1.54, 1.807) is 19.1 Å². The van der Waals surface area contributed by atoms with Crippen molar-refractivity contribution in [3.05, 3.63) is 23.8 Å². The lowest BCUT2D eigenvalue weighted by atomic mass is 10.1. The van der Waals surface area contributed by atoms with Crippen LogP contribution in [0, 0.1) is 0 Å². The number of ether oxygens (including phenoxy) is 2. The quantitative estimate of drug-likeness (QED) is 0.809. The van der Waals surface area contributed by atoms with Crippen LogP contribution in [0.2, 0.25) is 0 Å². The number of hydrogen-bond acceptors (Lipinski definition) is 4. The Kier molecular flexibility index (Phi) is 4.04. The molecule has 0 unspecified atom stereocenters. The van der Waals surface area contributed by atoms with Crippen molar-refractivity contribution in [3.63, 3.8) is 0 Å². The lowest BCUT2D eigenvalue weighted by molar-refractivity contribution is -0.124. The normalized spacial score (nSPS) is 13.5. The van der Waals surface area contributed by atoms with E-state index in [-0.39, 0.29) is 5.91 Å². The first-order valence-corrected chi connectivity index (χ1v) is 6.00. The number of carbonyl (C=O) groups excluding carboxylic acids is 1. The molecule has 1 heterocycles. The Morgan fingerprint density at radius 1 is 1.28 bits per heavy atom. The van der Waals surface area contributed by atoms with E-state index in [1.165, 1.54) is 0 Å². The fraction of sp³-hybridized carbons (Fsp3) is 0.462. The van der Waals surface area contributed by atoms with Crippen LogP contribution >= 0.6 is 0 Å². The van der Waals surface area contributed by atoms with Gasteiger partial charge in [-0.3, -0.25) is 10.2 Å². The summed E-state index contributed by atoms with van der Waals surface area (Å²) in [5.41, 5.74) is 3.79. The van der Waals surface area contributed by atoms with Crippen LogP contribution in [0.15, 0.2) is 18.2 Å². The highest BCUT2D eigenvalue weighted by molar-refractivity contribution is 5.75. The van der Waals surface area contributed by atoms with Crippen LogP contribution in [0.4, 0.5) is 0 Å². The summed E-state index contributed by atoms with van der Waals surface area (Å²) in [6.45, 7) is 1.18. The highest BCUT2D eigenvalue weighted by atomic mass is 16.6. The molecule has 0 bridgehead atoms. The molecule has 2 rings (SSSR count). The van der Waals surface area contributed by atoms with Crippen LogP contribution in [-0.2, 0) is 11.2 Å². The van der Waals surface area contributed by atoms with Gasteiger partial charge >= 0.3 is 0 Å². The molecule has 1 N–H and O–H groups in total. The van der Waals surface area contributed by atoms with Gasteiger partial charge in [-0.05, 0) is 24.1 Å². The molecule has 0 atom stereocenters. The van der Waals surface area contributed by atoms with Crippen molar-refractivity contribution in [2.75, 3.05) is 27.3 Å². The maximum absolute atomic E-state index is 11.5. The molecule has 0 fully saturated rings. The molecule has 0 spiro atoms. The number of amides is 1. The predicted octanol–water partition coefficient (Wildman–Crippen LogP) is 0.983. The third-order valence-electron chi connectivity index (χ3n) is 2.60. The van der Waals surface area contributed by atoms with Gasteiger partial charge in [0.05, 0.1) is 0 Å². The van der Waals surface area contributed by atoms with Gasteiger partial charge in [0.25, 0.3) is 0 Å². The van der Waals surface area contributed by atoms with Crippen molar-refractivity contribution >= 4 is 5.91 Å². The Morgan fingerprint density at radius 2 is 2.00 bits per heavy atom. The first kappa shape index (κ1) is 12.7. The third-order valence-corrected chi connectivity index (χ3v) is 2.60. The zero-order chi connectivity index (χ0) is 13.0. The fourth-order valence-corrected chi connectivity index (χ4v) is 1.81. The molecular formula is C13H18N2O3. The van der Waals surface area contributed by atoms with Gasteiger partial charge in [-0.25, -0.2) is 5.01 Å². The second-order valence-electron chi connectivity index (χ2n) is 4.41. The molecule has 98 valence electrons. The molecule has 1 aromatic carbocycles. The molecule has 0 saturated heterocycles. The summed E-state index contributed by atoms with van der Waals surface area (Å²) >= 11 is 0. The topological polar surface area (TPSA) is 50.8 Å². The Hall–Kier alpha value is -1.75. The molecular weight excluding hydrogens is 232 g/mol. The van der Waals surface area contributed by atoms with Crippen LogP contribution in [0.1, 0.15) is 12.0 Å². The Morgan fingerprint density at radius 3 is 2.72 bits per heavy atom. The molecule has 0 aromatic heterocycles. The SMILES string of the molecule is CN(C)NC(=O)CCc1ccc2c(c1)OCCO2. The molecule has 18 heavy (non-hydrogen) atoms. The monoisotopic (exact) mass is 250 g/mol. The number of hydrazine groups is 1. The van der Waals surface area contributed by atoms with Crippen molar-refractivity contribution in [1.82, 2.24) is 10.4 Å². The summed E-state index contributed by atoms with van der Waals surface area (Å²) in [5, 5.41) is 1.64. The largest absolute Gasteiger partial charge is 0.486 e. The van der Waals surface area contributed by atoms with E-state index in [1.807, 2.05) is 18.2 Å². The molecule has 1 amide bonds. The summed E-state index contributed by atoms with van der Waals surface area (Å²) in [6, 6.07) is 5.81. The van der Waals surface area contributed by atoms with Crippen molar-refractivity contribution < 1.29 is 14.3 Å². The van der Waals surface area contributed by atoms with E-state index in [0.717, 1.165) is 17.1 Å². The molecule has 1 aliphatic rings. The van der Waals surface area contributed by atoms with Gasteiger partial charge in [-0.2, -0.15) is 0 Å². The lowest BCUT2D eigenvalue weighted by Crippen LogP contribution is -2.36. The molecule has 5 heteroatoms. The van der Waals surface area contributed by atoms with Gasteiger partial charge < -0.3 is 9.47 Å². The summed E-state index contributed by atoms with van der Waals surface area (Å²) < 4.78 is 10.9. The van der Waals surface area contributed by atoms with E-state index in [4.69, 9.17) is 9.47 Å². The number of rotatable bonds is 4. The van der Waals surface area contributed by atoms with Crippen LogP contribution < -0.4 is 14.9 Å². The van der Waals surface area contributed by atoms with E-state index >= 15 is 0 Å². The summed E-state index contributed by atoms with van der Waals surface area (Å²) in [5.74, 6) is 1.56. The number of nitrogens with zero attached hydrogens (tertiary/aromatic N) is 1. The van der Waals surface area contributed by atoms with E-state index in [9.17, 15) is 4.79 Å². The van der Waals surface area contributed by atoms with Crippen LogP contribution in [0.3, 0.4) is 0 Å². The minimum Gasteiger partial charge on any atom is -0.486 e. The standard InChI is InChI=1S/C13H18N2O3/c1-15(2)14-13(16)6-4-10-3-5-11-12(9-10)18-8-7-17-11/h3,5,9H,4,6-8H2,1-2H3,(H,14,16). The first-order chi connectivity index (χ1) is 8.65. The van der Waals surface area contributed by atoms with Crippen LogP contribution in [0.5, 0.6) is 11.5 Å². The van der Waals surface area contributed by atoms with Crippen molar-refractivity contribution in [2.45, 2.75) is 12.8 Å². The summed E-state index contributed by atoms with van der Waals surface area (Å²) in [7, 11) is 3.59. The van der Waals surface area contributed by atoms with Crippen molar-refractivity contribution in [3.8, 4) is 11.5 Å². The maximum Gasteiger partial charge on any atom is 0.234 e. The maximum atomic E-state index is 11.5. The van der Waals surface area contributed by atoms with Gasteiger partial charge in [0, 0.05) is 20.5 Å². The Labute approximate surface area is 107 Å². The van der Waals surface area contributed by atoms with E-state index in [2.05, 4.69) is 5.43 Å². The average Bonchev–Trinajstić information content (AvgIpc) is 2.35. The molecule has 5 nitrogen and oxygen atoms in total. The Bertz CT molecular complexity index is 432. The van der Waals surface area contributed by atoms with Gasteiger partial charge in [0.2, 0.25) is 5.91 Å². The summed E-state index contributed by atoms with van der Waals surface area (Å²) in [4.78, 5) is 11.5. The first-order valence-electron chi connectivity index (χ1n) is 6.00. The number of hydrogen-bond donors (Lipinski definition) is 1.